The molecule has 0 unspecified atom stereocenters. The zero-order chi connectivity index (χ0) is 26.0. The van der Waals surface area contributed by atoms with Crippen molar-refractivity contribution >= 4 is 34.1 Å². The van der Waals surface area contributed by atoms with Crippen LogP contribution in [0, 0.1) is 11.2 Å². The number of rotatable bonds is 4. The molecule has 4 aliphatic rings. The fourth-order valence-electron chi connectivity index (χ4n) is 6.41. The minimum absolute atomic E-state index is 0.276. The zero-order valence-electron chi connectivity index (χ0n) is 21.8. The maximum Gasteiger partial charge on any atom is 0.229 e. The second-order valence-electron chi connectivity index (χ2n) is 11.3. The molecular weight excluding hydrogens is 497 g/mol. The summed E-state index contributed by atoms with van der Waals surface area (Å²) in [5.74, 6) is 0.937. The van der Waals surface area contributed by atoms with E-state index in [1.807, 2.05) is 12.3 Å². The second kappa shape index (κ2) is 9.08. The number of hydrogen-bond acceptors (Lipinski definition) is 8. The number of pyridine rings is 1. The number of likely N-dealkylation sites (tertiary alicyclic amines) is 1. The molecule has 39 heavy (non-hydrogen) atoms. The Morgan fingerprint density at radius 1 is 0.974 bits per heavy atom. The number of aromatic nitrogens is 3. The molecule has 3 aromatic heterocycles. The van der Waals surface area contributed by atoms with Gasteiger partial charge in [0.1, 0.15) is 11.3 Å². The van der Waals surface area contributed by atoms with E-state index in [2.05, 4.69) is 21.9 Å². The highest BCUT2D eigenvalue weighted by atomic mass is 19.1. The molecule has 8 nitrogen and oxygen atoms in total. The fourth-order valence-corrected chi connectivity index (χ4v) is 6.41. The number of ether oxygens (including phenoxy) is 2. The number of furan rings is 1. The Bertz CT molecular complexity index is 1610. The van der Waals surface area contributed by atoms with Crippen LogP contribution in [0.5, 0.6) is 0 Å². The monoisotopic (exact) mass is 527 g/mol. The van der Waals surface area contributed by atoms with Crippen LogP contribution in [0.25, 0.3) is 39.7 Å². The normalized spacial score (nSPS) is 20.7. The van der Waals surface area contributed by atoms with Crippen molar-refractivity contribution in [3.05, 3.63) is 53.0 Å². The average molecular weight is 528 g/mol. The van der Waals surface area contributed by atoms with E-state index in [1.54, 1.807) is 12.1 Å². The van der Waals surface area contributed by atoms with Crippen molar-refractivity contribution in [2.75, 3.05) is 57.5 Å². The molecule has 1 spiro atoms. The highest BCUT2D eigenvalue weighted by Crippen LogP contribution is 2.40. The molecule has 3 aliphatic heterocycles. The highest BCUT2D eigenvalue weighted by molar-refractivity contribution is 6.05. The van der Waals surface area contributed by atoms with Gasteiger partial charge in [0.25, 0.3) is 0 Å². The number of hydrogen-bond donors (Lipinski definition) is 0. The smallest absolute Gasteiger partial charge is 0.229 e. The van der Waals surface area contributed by atoms with Crippen LogP contribution >= 0.6 is 0 Å². The minimum atomic E-state index is -0.276. The Hall–Kier alpha value is -3.40. The summed E-state index contributed by atoms with van der Waals surface area (Å²) in [5, 5.41) is 0.866. The summed E-state index contributed by atoms with van der Waals surface area (Å²) in [6.07, 6.45) is 9.09. The van der Waals surface area contributed by atoms with Gasteiger partial charge in [-0.2, -0.15) is 0 Å². The lowest BCUT2D eigenvalue weighted by atomic mass is 9.77. The van der Waals surface area contributed by atoms with Gasteiger partial charge < -0.3 is 18.8 Å². The largest absolute Gasteiger partial charge is 0.432 e. The number of benzene rings is 1. The van der Waals surface area contributed by atoms with Crippen LogP contribution < -0.4 is 4.90 Å². The van der Waals surface area contributed by atoms with Crippen molar-refractivity contribution in [2.45, 2.75) is 25.8 Å². The number of nitrogens with zero attached hydrogens (tertiary/aromatic N) is 5. The van der Waals surface area contributed by atoms with E-state index in [0.717, 1.165) is 60.4 Å². The van der Waals surface area contributed by atoms with Crippen molar-refractivity contribution < 1.29 is 18.3 Å². The molecule has 9 heteroatoms. The average Bonchev–Trinajstić information content (AvgIpc) is 3.56. The van der Waals surface area contributed by atoms with E-state index in [-0.39, 0.29) is 5.82 Å². The van der Waals surface area contributed by atoms with Gasteiger partial charge in [-0.05, 0) is 67.2 Å². The summed E-state index contributed by atoms with van der Waals surface area (Å²) in [4.78, 5) is 19.3. The molecule has 3 fully saturated rings. The fraction of sp³-hybridized carbons (Fsp3) is 0.433. The first kappa shape index (κ1) is 23.5. The van der Waals surface area contributed by atoms with Gasteiger partial charge in [0.15, 0.2) is 17.2 Å². The number of fused-ring (bicyclic) bond motifs is 4. The zero-order valence-corrected chi connectivity index (χ0v) is 21.8. The lowest BCUT2D eigenvalue weighted by Crippen LogP contribution is -2.50. The Morgan fingerprint density at radius 2 is 1.82 bits per heavy atom. The first-order chi connectivity index (χ1) is 19.1. The van der Waals surface area contributed by atoms with Crippen molar-refractivity contribution in [1.82, 2.24) is 19.9 Å². The lowest BCUT2D eigenvalue weighted by molar-refractivity contribution is -0.140. The third-order valence-electron chi connectivity index (χ3n) is 8.75. The number of morpholine rings is 1. The van der Waals surface area contributed by atoms with Crippen LogP contribution in [0.1, 0.15) is 29.5 Å². The van der Waals surface area contributed by atoms with Crippen molar-refractivity contribution in [3.63, 3.8) is 0 Å². The maximum atomic E-state index is 14.7. The van der Waals surface area contributed by atoms with Crippen LogP contribution in [0.3, 0.4) is 0 Å². The summed E-state index contributed by atoms with van der Waals surface area (Å²) < 4.78 is 32.1. The van der Waals surface area contributed by atoms with E-state index < -0.39 is 0 Å². The van der Waals surface area contributed by atoms with E-state index >= 15 is 0 Å². The highest BCUT2D eigenvalue weighted by Gasteiger charge is 2.41. The van der Waals surface area contributed by atoms with Crippen molar-refractivity contribution in [3.8, 4) is 11.4 Å². The number of halogens is 1. The Morgan fingerprint density at radius 3 is 2.62 bits per heavy atom. The molecule has 3 saturated heterocycles. The number of anilines is 1. The van der Waals surface area contributed by atoms with Gasteiger partial charge >= 0.3 is 0 Å². The van der Waals surface area contributed by atoms with Crippen LogP contribution in [0.15, 0.2) is 34.9 Å². The van der Waals surface area contributed by atoms with Crippen molar-refractivity contribution in [1.29, 1.82) is 0 Å². The molecule has 1 aromatic carbocycles. The predicted octanol–water partition coefficient (Wildman–Crippen LogP) is 4.60. The van der Waals surface area contributed by atoms with Crippen LogP contribution in [-0.2, 0) is 22.4 Å². The number of allylic oxidation sites excluding steroid dienone is 1. The molecule has 0 radical (unpaired) electrons. The quantitative estimate of drug-likeness (QED) is 0.381. The molecule has 0 amide bonds. The van der Waals surface area contributed by atoms with Crippen LogP contribution in [-0.4, -0.2) is 72.5 Å². The summed E-state index contributed by atoms with van der Waals surface area (Å²) in [5.41, 5.74) is 6.07. The number of piperidine rings is 1. The molecule has 0 atom stereocenters. The Labute approximate surface area is 225 Å². The SMILES string of the molecule is Fc1cc2c(c(-c3nc(N4CCOCC4)c4oc5ncc(CN6CCC7(CC6)COC7)cc5c4n3)c1)C=CC2. The molecule has 4 aromatic rings. The topological polar surface area (TPSA) is 76.8 Å². The summed E-state index contributed by atoms with van der Waals surface area (Å²) in [6.45, 7) is 7.42. The maximum absolute atomic E-state index is 14.7. The lowest BCUT2D eigenvalue weighted by Gasteiger charge is -2.47. The summed E-state index contributed by atoms with van der Waals surface area (Å²) in [6, 6.07) is 5.30. The van der Waals surface area contributed by atoms with Gasteiger partial charge in [-0.3, -0.25) is 4.90 Å². The van der Waals surface area contributed by atoms with Gasteiger partial charge in [0, 0.05) is 36.8 Å². The molecule has 0 saturated carbocycles. The third kappa shape index (κ3) is 4.02. The molecule has 200 valence electrons. The predicted molar refractivity (Wildman–Crippen MR) is 146 cm³/mol. The van der Waals surface area contributed by atoms with E-state index in [1.165, 1.54) is 12.8 Å². The van der Waals surface area contributed by atoms with E-state index in [4.69, 9.17) is 28.8 Å². The van der Waals surface area contributed by atoms with Gasteiger partial charge in [-0.25, -0.2) is 19.3 Å². The van der Waals surface area contributed by atoms with Gasteiger partial charge in [0.2, 0.25) is 5.71 Å². The van der Waals surface area contributed by atoms with E-state index in [0.29, 0.717) is 66.6 Å². The van der Waals surface area contributed by atoms with E-state index in [9.17, 15) is 4.39 Å². The Kier molecular flexibility index (Phi) is 5.47. The summed E-state index contributed by atoms with van der Waals surface area (Å²) in [7, 11) is 0. The van der Waals surface area contributed by atoms with Gasteiger partial charge in [-0.1, -0.05) is 12.2 Å². The molecule has 8 rings (SSSR count). The van der Waals surface area contributed by atoms with Gasteiger partial charge in [0.05, 0.1) is 31.8 Å². The Balaban J connectivity index is 1.22. The molecule has 0 bridgehead atoms. The minimum Gasteiger partial charge on any atom is -0.432 e. The third-order valence-corrected chi connectivity index (χ3v) is 8.75. The van der Waals surface area contributed by atoms with Crippen LogP contribution in [0.4, 0.5) is 10.2 Å². The molecule has 1 aliphatic carbocycles. The first-order valence-electron chi connectivity index (χ1n) is 13.9. The van der Waals surface area contributed by atoms with Gasteiger partial charge in [-0.15, -0.1) is 0 Å². The second-order valence-corrected chi connectivity index (χ2v) is 11.3. The molecule has 6 heterocycles. The molecule has 0 N–H and O–H groups in total. The van der Waals surface area contributed by atoms with Crippen LogP contribution in [0.2, 0.25) is 0 Å². The standard InChI is InChI=1S/C30H30FN5O3/c31-21-13-20-2-1-3-22(20)23(14-21)27-33-25-24-12-19(16-35-6-4-30(5-7-35)17-38-18-30)15-32-29(24)39-26(25)28(34-27)36-8-10-37-11-9-36/h1,3,12-15H,2,4-11,16-18H2. The van der Waals surface area contributed by atoms with Crippen molar-refractivity contribution in [2.24, 2.45) is 5.41 Å². The summed E-state index contributed by atoms with van der Waals surface area (Å²) >= 11 is 0. The first-order valence-corrected chi connectivity index (χ1v) is 13.9. The molecular formula is C30H30FN5O3.